The molecule has 2 aromatic carbocycles. The van der Waals surface area contributed by atoms with Crippen LogP contribution in [0.25, 0.3) is 0 Å². The van der Waals surface area contributed by atoms with E-state index in [9.17, 15) is 9.59 Å². The largest absolute Gasteiger partial charge is 0.486 e. The number of rotatable bonds is 5. The fourth-order valence-electron chi connectivity index (χ4n) is 3.42. The van der Waals surface area contributed by atoms with E-state index in [0.717, 1.165) is 0 Å². The molecule has 150 valence electrons. The number of carbonyl (C=O) groups excluding carboxylic acids is 2. The van der Waals surface area contributed by atoms with Gasteiger partial charge in [0.15, 0.2) is 17.6 Å². The highest BCUT2D eigenvalue weighted by atomic mass is 16.6. The Labute approximate surface area is 169 Å². The number of likely N-dealkylation sites (N-methyl/N-ethyl adjacent to an activating group) is 1. The number of amides is 2. The van der Waals surface area contributed by atoms with Gasteiger partial charge in [-0.1, -0.05) is 30.3 Å². The number of benzene rings is 2. The van der Waals surface area contributed by atoms with Gasteiger partial charge in [0.1, 0.15) is 12.3 Å². The molecule has 0 spiro atoms. The molecule has 2 aliphatic rings. The van der Waals surface area contributed by atoms with E-state index in [1.807, 2.05) is 49.4 Å². The molecule has 7 heteroatoms. The Morgan fingerprint density at radius 1 is 1.10 bits per heavy atom. The molecule has 2 aromatic rings. The van der Waals surface area contributed by atoms with E-state index in [1.54, 1.807) is 17.0 Å². The Morgan fingerprint density at radius 2 is 1.83 bits per heavy atom. The van der Waals surface area contributed by atoms with Crippen molar-refractivity contribution in [1.82, 2.24) is 4.90 Å². The summed E-state index contributed by atoms with van der Waals surface area (Å²) < 4.78 is 11.7. The van der Waals surface area contributed by atoms with E-state index in [4.69, 9.17) is 9.47 Å². The van der Waals surface area contributed by atoms with Crippen LogP contribution in [0.1, 0.15) is 19.8 Å². The molecule has 0 saturated heterocycles. The molecular weight excluding hydrogens is 370 g/mol. The highest BCUT2D eigenvalue weighted by molar-refractivity contribution is 6.40. The number of hydrazone groups is 1. The lowest BCUT2D eigenvalue weighted by Crippen LogP contribution is -2.47. The van der Waals surface area contributed by atoms with Gasteiger partial charge in [-0.15, -0.1) is 0 Å². The second-order valence-corrected chi connectivity index (χ2v) is 6.93. The molecule has 2 heterocycles. The van der Waals surface area contributed by atoms with Crippen molar-refractivity contribution in [3.8, 4) is 11.5 Å². The Hall–Kier alpha value is -3.35. The Kier molecular flexibility index (Phi) is 5.46. The van der Waals surface area contributed by atoms with E-state index in [0.29, 0.717) is 49.0 Å². The summed E-state index contributed by atoms with van der Waals surface area (Å²) in [7, 11) is 0. The Balaban J connectivity index is 1.48. The number of carbonyl (C=O) groups is 2. The van der Waals surface area contributed by atoms with Crippen molar-refractivity contribution in [2.45, 2.75) is 25.9 Å². The number of fused-ring (bicyclic) bond motifs is 1. The van der Waals surface area contributed by atoms with Crippen LogP contribution in [-0.4, -0.2) is 48.2 Å². The van der Waals surface area contributed by atoms with E-state index in [2.05, 4.69) is 5.10 Å². The highest BCUT2D eigenvalue weighted by Crippen LogP contribution is 2.31. The van der Waals surface area contributed by atoms with Crippen molar-refractivity contribution in [3.63, 3.8) is 0 Å². The lowest BCUT2D eigenvalue weighted by molar-refractivity contribution is -0.125. The molecule has 0 aromatic heterocycles. The summed E-state index contributed by atoms with van der Waals surface area (Å²) in [6, 6.07) is 16.7. The number of para-hydroxylation sites is 3. The van der Waals surface area contributed by atoms with Gasteiger partial charge in [0.25, 0.3) is 5.91 Å². The normalized spacial score (nSPS) is 18.2. The molecule has 0 bridgehead atoms. The van der Waals surface area contributed by atoms with Gasteiger partial charge < -0.3 is 14.4 Å². The average molecular weight is 393 g/mol. The van der Waals surface area contributed by atoms with E-state index in [1.165, 1.54) is 5.01 Å². The van der Waals surface area contributed by atoms with Crippen LogP contribution in [0.4, 0.5) is 5.69 Å². The van der Waals surface area contributed by atoms with Crippen LogP contribution in [0.2, 0.25) is 0 Å². The first-order chi connectivity index (χ1) is 14.2. The van der Waals surface area contributed by atoms with E-state index < -0.39 is 0 Å². The summed E-state index contributed by atoms with van der Waals surface area (Å²) in [6.07, 6.45) is 0.334. The monoisotopic (exact) mass is 393 g/mol. The predicted octanol–water partition coefficient (Wildman–Crippen LogP) is 2.86. The Bertz CT molecular complexity index is 929. The van der Waals surface area contributed by atoms with Gasteiger partial charge in [-0.3, -0.25) is 9.59 Å². The highest BCUT2D eigenvalue weighted by Gasteiger charge is 2.30. The fraction of sp³-hybridized carbons (Fsp3) is 0.318. The van der Waals surface area contributed by atoms with Gasteiger partial charge in [0, 0.05) is 19.4 Å². The standard InChI is InChI=1S/C22H23N3O4/c1-2-24(14-17-15-28-19-10-6-7-11-20(19)29-17)22(27)18-12-13-21(26)25(23-18)16-8-4-3-5-9-16/h3-11,17H,2,12-15H2,1H3. The zero-order valence-electron chi connectivity index (χ0n) is 16.3. The second-order valence-electron chi connectivity index (χ2n) is 6.93. The summed E-state index contributed by atoms with van der Waals surface area (Å²) in [5.74, 6) is 1.11. The molecule has 0 radical (unpaired) electrons. The molecule has 7 nitrogen and oxygen atoms in total. The summed E-state index contributed by atoms with van der Waals surface area (Å²) in [5.41, 5.74) is 1.04. The van der Waals surface area contributed by atoms with Crippen LogP contribution in [0, 0.1) is 0 Å². The summed E-state index contributed by atoms with van der Waals surface area (Å²) in [5, 5.41) is 5.69. The van der Waals surface area contributed by atoms with Crippen molar-refractivity contribution in [2.75, 3.05) is 24.7 Å². The average Bonchev–Trinajstić information content (AvgIpc) is 2.78. The number of ether oxygens (including phenoxy) is 2. The smallest absolute Gasteiger partial charge is 0.270 e. The zero-order chi connectivity index (χ0) is 20.2. The van der Waals surface area contributed by atoms with Crippen molar-refractivity contribution in [3.05, 3.63) is 54.6 Å². The molecule has 1 unspecified atom stereocenters. The van der Waals surface area contributed by atoms with E-state index >= 15 is 0 Å². The second kappa shape index (κ2) is 8.34. The third-order valence-electron chi connectivity index (χ3n) is 4.94. The molecule has 1 atom stereocenters. The number of nitrogens with zero attached hydrogens (tertiary/aromatic N) is 3. The van der Waals surface area contributed by atoms with Crippen molar-refractivity contribution in [1.29, 1.82) is 0 Å². The fourth-order valence-corrected chi connectivity index (χ4v) is 3.42. The molecule has 29 heavy (non-hydrogen) atoms. The van der Waals surface area contributed by atoms with Gasteiger partial charge in [-0.05, 0) is 31.2 Å². The predicted molar refractivity (Wildman–Crippen MR) is 109 cm³/mol. The van der Waals surface area contributed by atoms with Crippen molar-refractivity contribution in [2.24, 2.45) is 5.10 Å². The third kappa shape index (κ3) is 4.08. The molecule has 4 rings (SSSR count). The van der Waals surface area contributed by atoms with Crippen molar-refractivity contribution >= 4 is 23.2 Å². The van der Waals surface area contributed by atoms with Crippen molar-refractivity contribution < 1.29 is 19.1 Å². The van der Waals surface area contributed by atoms with Gasteiger partial charge in [-0.25, -0.2) is 5.01 Å². The number of hydrogen-bond donors (Lipinski definition) is 0. The third-order valence-corrected chi connectivity index (χ3v) is 4.94. The molecular formula is C22H23N3O4. The number of anilines is 1. The van der Waals surface area contributed by atoms with Gasteiger partial charge >= 0.3 is 0 Å². The maximum Gasteiger partial charge on any atom is 0.270 e. The summed E-state index contributed by atoms with van der Waals surface area (Å²) >= 11 is 0. The lowest BCUT2D eigenvalue weighted by Gasteiger charge is -2.32. The van der Waals surface area contributed by atoms with Gasteiger partial charge in [-0.2, -0.15) is 5.10 Å². The first-order valence-corrected chi connectivity index (χ1v) is 9.79. The maximum absolute atomic E-state index is 13.1. The molecule has 0 fully saturated rings. The maximum atomic E-state index is 13.1. The molecule has 0 N–H and O–H groups in total. The van der Waals surface area contributed by atoms with Crippen LogP contribution in [0.5, 0.6) is 11.5 Å². The quantitative estimate of drug-likeness (QED) is 0.783. The first-order valence-electron chi connectivity index (χ1n) is 9.79. The topological polar surface area (TPSA) is 71.4 Å². The van der Waals surface area contributed by atoms with Crippen LogP contribution in [0.3, 0.4) is 0 Å². The van der Waals surface area contributed by atoms with Gasteiger partial charge in [0.05, 0.1) is 12.2 Å². The minimum atomic E-state index is -0.259. The zero-order valence-corrected chi connectivity index (χ0v) is 16.3. The SMILES string of the molecule is CCN(CC1COc2ccccc2O1)C(=O)C1=NN(c2ccccc2)C(=O)CC1. The minimum absolute atomic E-state index is 0.114. The van der Waals surface area contributed by atoms with E-state index in [-0.39, 0.29) is 24.3 Å². The van der Waals surface area contributed by atoms with Gasteiger partial charge in [0.2, 0.25) is 5.91 Å². The van der Waals surface area contributed by atoms with Crippen LogP contribution in [0.15, 0.2) is 59.7 Å². The number of hydrogen-bond acceptors (Lipinski definition) is 5. The van der Waals surface area contributed by atoms with Crippen LogP contribution >= 0.6 is 0 Å². The molecule has 2 amide bonds. The lowest BCUT2D eigenvalue weighted by atomic mass is 10.1. The van der Waals surface area contributed by atoms with Crippen LogP contribution < -0.4 is 14.5 Å². The summed E-state index contributed by atoms with van der Waals surface area (Å²) in [4.78, 5) is 27.1. The molecule has 0 saturated carbocycles. The minimum Gasteiger partial charge on any atom is -0.486 e. The molecule has 0 aliphatic carbocycles. The summed E-state index contributed by atoms with van der Waals surface area (Å²) in [6.45, 7) is 3.20. The Morgan fingerprint density at radius 3 is 2.59 bits per heavy atom. The van der Waals surface area contributed by atoms with Crippen LogP contribution in [-0.2, 0) is 9.59 Å². The molecule has 2 aliphatic heterocycles. The first kappa shape index (κ1) is 19.0.